The van der Waals surface area contributed by atoms with Gasteiger partial charge in [-0.2, -0.15) is 20.1 Å². The van der Waals surface area contributed by atoms with E-state index < -0.39 is 0 Å². The first-order valence-corrected chi connectivity index (χ1v) is 7.40. The molecule has 0 aromatic carbocycles. The Bertz CT molecular complexity index is 595. The molecule has 1 aliphatic carbocycles. The fourth-order valence-electron chi connectivity index (χ4n) is 2.80. The van der Waals surface area contributed by atoms with Crippen LogP contribution in [-0.2, 0) is 0 Å². The average molecular weight is 287 g/mol. The Morgan fingerprint density at radius 1 is 1.19 bits per heavy atom. The second-order valence-corrected chi connectivity index (χ2v) is 5.88. The fourth-order valence-corrected chi connectivity index (χ4v) is 2.80. The fraction of sp³-hybridized carbons (Fsp3) is 0.571. The minimum atomic E-state index is 0.204. The largest absolute Gasteiger partial charge is 0.368 e. The minimum Gasteiger partial charge on any atom is -0.368 e. The van der Waals surface area contributed by atoms with E-state index in [4.69, 9.17) is 5.73 Å². The molecule has 3 rings (SSSR count). The third-order valence-electron chi connectivity index (χ3n) is 4.28. The molecule has 1 saturated carbocycles. The summed E-state index contributed by atoms with van der Waals surface area (Å²) in [7, 11) is 0. The predicted molar refractivity (Wildman–Crippen MR) is 81.0 cm³/mol. The molecule has 1 fully saturated rings. The van der Waals surface area contributed by atoms with E-state index in [1.807, 2.05) is 6.07 Å². The van der Waals surface area contributed by atoms with Crippen molar-refractivity contribution in [3.8, 4) is 5.95 Å². The van der Waals surface area contributed by atoms with Crippen molar-refractivity contribution in [3.05, 3.63) is 18.5 Å². The van der Waals surface area contributed by atoms with E-state index in [0.29, 0.717) is 23.9 Å². The maximum absolute atomic E-state index is 5.78. The molecule has 112 valence electrons. The van der Waals surface area contributed by atoms with Crippen LogP contribution < -0.4 is 11.1 Å². The van der Waals surface area contributed by atoms with Crippen molar-refractivity contribution in [1.82, 2.24) is 24.7 Å². The number of nitrogens with one attached hydrogen (secondary N) is 1. The van der Waals surface area contributed by atoms with Crippen molar-refractivity contribution < 1.29 is 0 Å². The molecule has 2 aromatic rings. The van der Waals surface area contributed by atoms with E-state index in [-0.39, 0.29) is 5.95 Å². The van der Waals surface area contributed by atoms with Gasteiger partial charge in [0, 0.05) is 18.4 Å². The summed E-state index contributed by atoms with van der Waals surface area (Å²) in [4.78, 5) is 12.7. The van der Waals surface area contributed by atoms with Gasteiger partial charge in [-0.3, -0.25) is 0 Å². The van der Waals surface area contributed by atoms with E-state index in [1.54, 1.807) is 17.1 Å². The number of nitrogen functional groups attached to an aromatic ring is 1. The molecule has 1 aliphatic rings. The highest BCUT2D eigenvalue weighted by atomic mass is 15.4. The van der Waals surface area contributed by atoms with Crippen LogP contribution in [0.5, 0.6) is 0 Å². The molecule has 0 aliphatic heterocycles. The van der Waals surface area contributed by atoms with E-state index in [9.17, 15) is 0 Å². The third-order valence-corrected chi connectivity index (χ3v) is 4.28. The van der Waals surface area contributed by atoms with Gasteiger partial charge in [0.2, 0.25) is 11.9 Å². The van der Waals surface area contributed by atoms with E-state index in [1.165, 1.54) is 6.42 Å². The second kappa shape index (κ2) is 5.67. The molecule has 0 radical (unpaired) electrons. The standard InChI is InChI=1S/C14H21N7/c1-9-4-5-11(8-10(9)2)17-13-18-12(15)19-14(20-13)21-7-3-6-16-21/h3,6-7,9-11H,4-5,8H2,1-2H3,(H3,15,17,18,19,20). The zero-order chi connectivity index (χ0) is 14.8. The molecule has 7 heteroatoms. The highest BCUT2D eigenvalue weighted by molar-refractivity contribution is 5.35. The Hall–Kier alpha value is -2.18. The van der Waals surface area contributed by atoms with Crippen LogP contribution >= 0.6 is 0 Å². The Labute approximate surface area is 124 Å². The van der Waals surface area contributed by atoms with Crippen LogP contribution in [0.2, 0.25) is 0 Å². The topological polar surface area (TPSA) is 94.5 Å². The summed E-state index contributed by atoms with van der Waals surface area (Å²) in [6.07, 6.45) is 6.95. The van der Waals surface area contributed by atoms with E-state index >= 15 is 0 Å². The van der Waals surface area contributed by atoms with Crippen molar-refractivity contribution in [1.29, 1.82) is 0 Å². The molecule has 0 amide bonds. The molecule has 2 aromatic heterocycles. The smallest absolute Gasteiger partial charge is 0.257 e. The van der Waals surface area contributed by atoms with Crippen LogP contribution in [0.4, 0.5) is 11.9 Å². The molecular formula is C14H21N7. The first-order chi connectivity index (χ1) is 10.1. The van der Waals surface area contributed by atoms with Crippen LogP contribution in [0.1, 0.15) is 33.1 Å². The number of rotatable bonds is 3. The van der Waals surface area contributed by atoms with Crippen molar-refractivity contribution in [2.24, 2.45) is 11.8 Å². The number of aromatic nitrogens is 5. The van der Waals surface area contributed by atoms with Crippen LogP contribution in [0.3, 0.4) is 0 Å². The first kappa shape index (κ1) is 13.8. The van der Waals surface area contributed by atoms with Gasteiger partial charge in [-0.25, -0.2) is 4.68 Å². The van der Waals surface area contributed by atoms with Gasteiger partial charge >= 0.3 is 0 Å². The van der Waals surface area contributed by atoms with Crippen molar-refractivity contribution in [2.45, 2.75) is 39.2 Å². The van der Waals surface area contributed by atoms with Gasteiger partial charge in [0.25, 0.3) is 5.95 Å². The van der Waals surface area contributed by atoms with Gasteiger partial charge in [-0.1, -0.05) is 13.8 Å². The lowest BCUT2D eigenvalue weighted by molar-refractivity contribution is 0.260. The van der Waals surface area contributed by atoms with Gasteiger partial charge in [0.1, 0.15) is 0 Å². The summed E-state index contributed by atoms with van der Waals surface area (Å²) < 4.78 is 1.58. The Kier molecular flexibility index (Phi) is 3.72. The lowest BCUT2D eigenvalue weighted by Gasteiger charge is -2.32. The Balaban J connectivity index is 1.77. The molecule has 2 heterocycles. The normalized spacial score (nSPS) is 25.7. The average Bonchev–Trinajstić information content (AvgIpc) is 2.96. The molecule has 3 unspecified atom stereocenters. The molecular weight excluding hydrogens is 266 g/mol. The van der Waals surface area contributed by atoms with Crippen LogP contribution in [-0.4, -0.2) is 30.8 Å². The molecule has 3 atom stereocenters. The number of hydrogen-bond donors (Lipinski definition) is 2. The summed E-state index contributed by atoms with van der Waals surface area (Å²) in [5.74, 6) is 2.66. The van der Waals surface area contributed by atoms with Crippen molar-refractivity contribution in [3.63, 3.8) is 0 Å². The van der Waals surface area contributed by atoms with Crippen LogP contribution in [0.25, 0.3) is 5.95 Å². The Morgan fingerprint density at radius 3 is 2.76 bits per heavy atom. The monoisotopic (exact) mass is 287 g/mol. The SMILES string of the molecule is CC1CCC(Nc2nc(N)nc(-n3cccn3)n2)CC1C. The van der Waals surface area contributed by atoms with Gasteiger partial charge in [0.05, 0.1) is 0 Å². The minimum absolute atomic E-state index is 0.204. The summed E-state index contributed by atoms with van der Waals surface area (Å²) in [5, 5.41) is 7.51. The molecule has 0 saturated heterocycles. The van der Waals surface area contributed by atoms with Crippen molar-refractivity contribution >= 4 is 11.9 Å². The zero-order valence-corrected chi connectivity index (χ0v) is 12.4. The lowest BCUT2D eigenvalue weighted by atomic mass is 9.79. The predicted octanol–water partition coefficient (Wildman–Crippen LogP) is 1.88. The summed E-state index contributed by atoms with van der Waals surface area (Å²) >= 11 is 0. The van der Waals surface area contributed by atoms with Gasteiger partial charge in [0.15, 0.2) is 0 Å². The van der Waals surface area contributed by atoms with Crippen LogP contribution in [0, 0.1) is 11.8 Å². The highest BCUT2D eigenvalue weighted by Gasteiger charge is 2.25. The van der Waals surface area contributed by atoms with Gasteiger partial charge < -0.3 is 11.1 Å². The zero-order valence-electron chi connectivity index (χ0n) is 12.4. The molecule has 21 heavy (non-hydrogen) atoms. The van der Waals surface area contributed by atoms with Gasteiger partial charge in [-0.15, -0.1) is 0 Å². The molecule has 7 nitrogen and oxygen atoms in total. The quantitative estimate of drug-likeness (QED) is 0.895. The van der Waals surface area contributed by atoms with E-state index in [2.05, 4.69) is 39.2 Å². The number of anilines is 2. The lowest BCUT2D eigenvalue weighted by Crippen LogP contribution is -2.31. The third kappa shape index (κ3) is 3.12. The maximum Gasteiger partial charge on any atom is 0.257 e. The molecule has 0 bridgehead atoms. The highest BCUT2D eigenvalue weighted by Crippen LogP contribution is 2.30. The Morgan fingerprint density at radius 2 is 2.05 bits per heavy atom. The van der Waals surface area contributed by atoms with Crippen LogP contribution in [0.15, 0.2) is 18.5 Å². The van der Waals surface area contributed by atoms with Gasteiger partial charge in [-0.05, 0) is 37.2 Å². The number of nitrogens with two attached hydrogens (primary N) is 1. The summed E-state index contributed by atoms with van der Waals surface area (Å²) in [6, 6.07) is 2.21. The number of nitrogens with zero attached hydrogens (tertiary/aromatic N) is 5. The summed E-state index contributed by atoms with van der Waals surface area (Å²) in [5.41, 5.74) is 5.78. The molecule has 3 N–H and O–H groups in total. The first-order valence-electron chi connectivity index (χ1n) is 7.40. The molecule has 0 spiro atoms. The maximum atomic E-state index is 5.78. The number of hydrogen-bond acceptors (Lipinski definition) is 6. The summed E-state index contributed by atoms with van der Waals surface area (Å²) in [6.45, 7) is 4.62. The van der Waals surface area contributed by atoms with E-state index in [0.717, 1.165) is 18.8 Å². The van der Waals surface area contributed by atoms with Crippen molar-refractivity contribution in [2.75, 3.05) is 11.1 Å². The second-order valence-electron chi connectivity index (χ2n) is 5.88.